The highest BCUT2D eigenvalue weighted by molar-refractivity contribution is 7.99. The molecule has 0 unspecified atom stereocenters. The molecular weight excluding hydrogens is 402 g/mol. The maximum atomic E-state index is 12.8. The average Bonchev–Trinajstić information content (AvgIpc) is 3.17. The Hall–Kier alpha value is -2.79. The number of piperidine rings is 1. The smallest absolute Gasteiger partial charge is 0.233 e. The minimum atomic E-state index is 0.201. The first-order valence-corrected chi connectivity index (χ1v) is 11.9. The highest BCUT2D eigenvalue weighted by Gasteiger charge is 2.23. The molecule has 160 valence electrons. The molecule has 2 aromatic carbocycles. The summed E-state index contributed by atoms with van der Waals surface area (Å²) in [5.41, 5.74) is 4.19. The van der Waals surface area contributed by atoms with Crippen LogP contribution < -0.4 is 0 Å². The normalized spacial score (nSPS) is 14.5. The van der Waals surface area contributed by atoms with Gasteiger partial charge in [0.2, 0.25) is 5.91 Å². The minimum Gasteiger partial charge on any atom is -0.342 e. The quantitative estimate of drug-likeness (QED) is 0.353. The van der Waals surface area contributed by atoms with Crippen LogP contribution in [-0.2, 0) is 11.3 Å². The molecule has 0 spiro atoms. The summed E-state index contributed by atoms with van der Waals surface area (Å²) in [6.45, 7) is 8.59. The third-order valence-corrected chi connectivity index (χ3v) is 6.76. The van der Waals surface area contributed by atoms with Crippen molar-refractivity contribution < 1.29 is 4.79 Å². The van der Waals surface area contributed by atoms with Crippen LogP contribution in [0.4, 0.5) is 0 Å². The molecule has 4 rings (SSSR count). The fourth-order valence-corrected chi connectivity index (χ4v) is 4.92. The Morgan fingerprint density at radius 1 is 1.06 bits per heavy atom. The number of hydrogen-bond acceptors (Lipinski definition) is 3. The van der Waals surface area contributed by atoms with Gasteiger partial charge in [0.25, 0.3) is 0 Å². The number of imidazole rings is 1. The number of rotatable bonds is 7. The van der Waals surface area contributed by atoms with Crippen LogP contribution in [-0.4, -0.2) is 39.2 Å². The van der Waals surface area contributed by atoms with Crippen LogP contribution in [0.3, 0.4) is 0 Å². The van der Waals surface area contributed by atoms with E-state index in [1.165, 1.54) is 11.8 Å². The van der Waals surface area contributed by atoms with Crippen LogP contribution in [0.1, 0.15) is 19.8 Å². The number of thioether (sulfide) groups is 1. The van der Waals surface area contributed by atoms with Gasteiger partial charge in [-0.2, -0.15) is 0 Å². The molecule has 31 heavy (non-hydrogen) atoms. The molecule has 4 nitrogen and oxygen atoms in total. The topological polar surface area (TPSA) is 38.1 Å². The van der Waals surface area contributed by atoms with E-state index in [1.54, 1.807) is 0 Å². The first-order valence-electron chi connectivity index (χ1n) is 10.9. The van der Waals surface area contributed by atoms with Gasteiger partial charge in [-0.05, 0) is 18.8 Å². The number of benzene rings is 2. The Balaban J connectivity index is 1.66. The molecule has 0 radical (unpaired) electrons. The predicted octanol–water partition coefficient (Wildman–Crippen LogP) is 5.75. The van der Waals surface area contributed by atoms with Crippen molar-refractivity contribution in [3.05, 3.63) is 73.3 Å². The van der Waals surface area contributed by atoms with Crippen LogP contribution in [0, 0.1) is 5.92 Å². The number of likely N-dealkylation sites (tertiary alicyclic amines) is 1. The van der Waals surface area contributed by atoms with Crippen LogP contribution in [0.2, 0.25) is 0 Å². The van der Waals surface area contributed by atoms with Gasteiger partial charge in [-0.15, -0.1) is 6.58 Å². The van der Waals surface area contributed by atoms with E-state index in [2.05, 4.69) is 42.3 Å². The summed E-state index contributed by atoms with van der Waals surface area (Å²) >= 11 is 1.53. The van der Waals surface area contributed by atoms with Crippen molar-refractivity contribution in [3.8, 4) is 22.5 Å². The number of nitrogens with zero attached hydrogens (tertiary/aromatic N) is 3. The predicted molar refractivity (Wildman–Crippen MR) is 129 cm³/mol. The van der Waals surface area contributed by atoms with E-state index in [0.717, 1.165) is 53.6 Å². The molecule has 1 fully saturated rings. The molecule has 0 saturated carbocycles. The Morgan fingerprint density at radius 2 is 1.68 bits per heavy atom. The fraction of sp³-hybridized carbons (Fsp3) is 0.308. The average molecular weight is 432 g/mol. The SMILES string of the molecule is C=CCn1c(SCC(=O)N2CCC(C)CC2)nc(-c2ccccc2)c1-c1ccccc1. The Labute approximate surface area is 189 Å². The van der Waals surface area contributed by atoms with Crippen LogP contribution in [0.15, 0.2) is 78.5 Å². The summed E-state index contributed by atoms with van der Waals surface area (Å²) in [5, 5.41) is 0.858. The van der Waals surface area contributed by atoms with Crippen LogP contribution in [0.5, 0.6) is 0 Å². The molecule has 0 aliphatic carbocycles. The lowest BCUT2D eigenvalue weighted by Gasteiger charge is -2.30. The lowest BCUT2D eigenvalue weighted by Crippen LogP contribution is -2.38. The zero-order valence-electron chi connectivity index (χ0n) is 18.0. The number of amides is 1. The van der Waals surface area contributed by atoms with E-state index >= 15 is 0 Å². The zero-order valence-corrected chi connectivity index (χ0v) is 18.9. The van der Waals surface area contributed by atoms with Crippen molar-refractivity contribution in [2.45, 2.75) is 31.5 Å². The summed E-state index contributed by atoms with van der Waals surface area (Å²) in [5.74, 6) is 1.32. The van der Waals surface area contributed by atoms with E-state index in [0.29, 0.717) is 18.2 Å². The van der Waals surface area contributed by atoms with E-state index in [4.69, 9.17) is 4.98 Å². The molecular formula is C26H29N3OS. The minimum absolute atomic E-state index is 0.201. The van der Waals surface area contributed by atoms with E-state index in [1.807, 2.05) is 47.4 Å². The van der Waals surface area contributed by atoms with Gasteiger partial charge >= 0.3 is 0 Å². The lowest BCUT2D eigenvalue weighted by atomic mass is 9.99. The highest BCUT2D eigenvalue weighted by atomic mass is 32.2. The van der Waals surface area contributed by atoms with Gasteiger partial charge in [-0.25, -0.2) is 4.98 Å². The number of carbonyl (C=O) groups excluding carboxylic acids is 1. The monoisotopic (exact) mass is 431 g/mol. The molecule has 2 heterocycles. The second-order valence-electron chi connectivity index (χ2n) is 8.07. The Kier molecular flexibility index (Phi) is 6.92. The maximum absolute atomic E-state index is 12.8. The van der Waals surface area contributed by atoms with Crippen molar-refractivity contribution in [2.75, 3.05) is 18.8 Å². The first kappa shape index (κ1) is 21.4. The van der Waals surface area contributed by atoms with Crippen LogP contribution >= 0.6 is 11.8 Å². The summed E-state index contributed by atoms with van der Waals surface area (Å²) < 4.78 is 2.18. The summed E-state index contributed by atoms with van der Waals surface area (Å²) in [7, 11) is 0. The molecule has 3 aromatic rings. The van der Waals surface area contributed by atoms with E-state index in [-0.39, 0.29) is 5.91 Å². The van der Waals surface area contributed by atoms with Crippen molar-refractivity contribution in [1.29, 1.82) is 0 Å². The van der Waals surface area contributed by atoms with Crippen molar-refractivity contribution >= 4 is 17.7 Å². The lowest BCUT2D eigenvalue weighted by molar-refractivity contribution is -0.129. The number of aromatic nitrogens is 2. The second kappa shape index (κ2) is 10.0. The summed E-state index contributed by atoms with van der Waals surface area (Å²) in [6.07, 6.45) is 4.08. The number of carbonyl (C=O) groups is 1. The van der Waals surface area contributed by atoms with E-state index in [9.17, 15) is 4.79 Å². The van der Waals surface area contributed by atoms with Crippen molar-refractivity contribution in [2.24, 2.45) is 5.92 Å². The standard InChI is InChI=1S/C26H29N3OS/c1-3-16-29-25(22-12-8-5-9-13-22)24(21-10-6-4-7-11-21)27-26(29)31-19-23(30)28-17-14-20(2)15-18-28/h3-13,20H,1,14-19H2,2H3. The van der Waals surface area contributed by atoms with Gasteiger partial charge in [0, 0.05) is 30.8 Å². The van der Waals surface area contributed by atoms with Gasteiger partial charge in [0.15, 0.2) is 5.16 Å². The molecule has 1 saturated heterocycles. The molecule has 0 N–H and O–H groups in total. The van der Waals surface area contributed by atoms with Gasteiger partial charge < -0.3 is 9.47 Å². The van der Waals surface area contributed by atoms with E-state index < -0.39 is 0 Å². The maximum Gasteiger partial charge on any atom is 0.233 e. The van der Waals surface area contributed by atoms with Gasteiger partial charge in [0.1, 0.15) is 0 Å². The van der Waals surface area contributed by atoms with Gasteiger partial charge in [0.05, 0.1) is 17.1 Å². The van der Waals surface area contributed by atoms with Crippen molar-refractivity contribution in [3.63, 3.8) is 0 Å². The first-order chi connectivity index (χ1) is 15.2. The summed E-state index contributed by atoms with van der Waals surface area (Å²) in [4.78, 5) is 19.8. The molecule has 1 aromatic heterocycles. The van der Waals surface area contributed by atoms with Crippen LogP contribution in [0.25, 0.3) is 22.5 Å². The Bertz CT molecular complexity index is 1020. The molecule has 0 atom stereocenters. The third-order valence-electron chi connectivity index (χ3n) is 5.80. The molecule has 1 aliphatic heterocycles. The molecule has 1 amide bonds. The molecule has 0 bridgehead atoms. The van der Waals surface area contributed by atoms with Gasteiger partial charge in [-0.1, -0.05) is 85.4 Å². The summed E-state index contributed by atoms with van der Waals surface area (Å²) in [6, 6.07) is 20.6. The second-order valence-corrected chi connectivity index (χ2v) is 9.02. The fourth-order valence-electron chi connectivity index (χ4n) is 4.00. The highest BCUT2D eigenvalue weighted by Crippen LogP contribution is 2.36. The number of hydrogen-bond donors (Lipinski definition) is 0. The third kappa shape index (κ3) is 4.93. The number of allylic oxidation sites excluding steroid dienone is 1. The Morgan fingerprint density at radius 3 is 2.29 bits per heavy atom. The van der Waals surface area contributed by atoms with Gasteiger partial charge in [-0.3, -0.25) is 4.79 Å². The largest absolute Gasteiger partial charge is 0.342 e. The zero-order chi connectivity index (χ0) is 21.6. The molecule has 5 heteroatoms. The van der Waals surface area contributed by atoms with Crippen molar-refractivity contribution in [1.82, 2.24) is 14.5 Å². The molecule has 1 aliphatic rings.